The zero-order valence-corrected chi connectivity index (χ0v) is 13.3. The number of aromatic amines is 1. The number of aromatic nitrogens is 2. The number of imidazole rings is 1. The molecule has 2 aromatic heterocycles. The molecule has 0 spiro atoms. The minimum absolute atomic E-state index is 0.190. The Balaban J connectivity index is 1.65. The van der Waals surface area contributed by atoms with Crippen LogP contribution in [0.15, 0.2) is 29.4 Å². The smallest absolute Gasteiger partial charge is 0.234 e. The predicted octanol–water partition coefficient (Wildman–Crippen LogP) is 3.16. The van der Waals surface area contributed by atoms with Crippen molar-refractivity contribution in [3.8, 4) is 0 Å². The average Bonchev–Trinajstić information content (AvgIpc) is 3.19. The van der Waals surface area contributed by atoms with Crippen molar-refractivity contribution < 1.29 is 4.79 Å². The highest BCUT2D eigenvalue weighted by molar-refractivity contribution is 7.07. The van der Waals surface area contributed by atoms with Gasteiger partial charge >= 0.3 is 0 Å². The average molecular weight is 303 g/mol. The quantitative estimate of drug-likeness (QED) is 0.947. The third kappa shape index (κ3) is 2.75. The van der Waals surface area contributed by atoms with Gasteiger partial charge in [0.25, 0.3) is 0 Å². The first kappa shape index (κ1) is 14.3. The SMILES string of the molecule is CC(C)(C(=O)N1CCC(c2ccsc2)CC1)c1cnc[nH]1. The van der Waals surface area contributed by atoms with Crippen molar-refractivity contribution in [2.24, 2.45) is 0 Å². The molecule has 0 radical (unpaired) electrons. The second kappa shape index (κ2) is 5.64. The summed E-state index contributed by atoms with van der Waals surface area (Å²) in [4.78, 5) is 21.9. The lowest BCUT2D eigenvalue weighted by atomic mass is 9.85. The summed E-state index contributed by atoms with van der Waals surface area (Å²) in [6, 6.07) is 2.21. The second-order valence-corrected chi connectivity index (χ2v) is 6.99. The van der Waals surface area contributed by atoms with Crippen LogP contribution in [0.4, 0.5) is 0 Å². The van der Waals surface area contributed by atoms with Gasteiger partial charge in [-0.05, 0) is 55.0 Å². The van der Waals surface area contributed by atoms with E-state index >= 15 is 0 Å². The van der Waals surface area contributed by atoms with Gasteiger partial charge in [0.15, 0.2) is 0 Å². The molecular weight excluding hydrogens is 282 g/mol. The molecule has 1 aliphatic rings. The lowest BCUT2D eigenvalue weighted by Gasteiger charge is -2.36. The molecule has 2 aromatic rings. The number of rotatable bonds is 3. The summed E-state index contributed by atoms with van der Waals surface area (Å²) in [6.07, 6.45) is 5.49. The van der Waals surface area contributed by atoms with Crippen LogP contribution in [0.5, 0.6) is 0 Å². The molecule has 1 aliphatic heterocycles. The highest BCUT2D eigenvalue weighted by Gasteiger charge is 2.36. The van der Waals surface area contributed by atoms with Gasteiger partial charge in [-0.25, -0.2) is 4.98 Å². The Labute approximate surface area is 129 Å². The molecule has 1 saturated heterocycles. The van der Waals surface area contributed by atoms with Crippen LogP contribution < -0.4 is 0 Å². The number of piperidine rings is 1. The van der Waals surface area contributed by atoms with Crippen molar-refractivity contribution in [2.45, 2.75) is 38.0 Å². The normalized spacial score (nSPS) is 17.1. The van der Waals surface area contributed by atoms with Crippen LogP contribution in [-0.2, 0) is 10.2 Å². The molecule has 3 heterocycles. The van der Waals surface area contributed by atoms with Crippen molar-refractivity contribution in [1.29, 1.82) is 0 Å². The Morgan fingerprint density at radius 2 is 2.19 bits per heavy atom. The van der Waals surface area contributed by atoms with Gasteiger partial charge in [-0.3, -0.25) is 4.79 Å². The van der Waals surface area contributed by atoms with Gasteiger partial charge in [0.2, 0.25) is 5.91 Å². The topological polar surface area (TPSA) is 49.0 Å². The molecular formula is C16H21N3OS. The Kier molecular flexibility index (Phi) is 3.85. The Hall–Kier alpha value is -1.62. The fourth-order valence-corrected chi connectivity index (χ4v) is 3.77. The summed E-state index contributed by atoms with van der Waals surface area (Å²) in [7, 11) is 0. The molecule has 1 amide bonds. The monoisotopic (exact) mass is 303 g/mol. The van der Waals surface area contributed by atoms with Gasteiger partial charge in [0.1, 0.15) is 0 Å². The third-order valence-electron chi connectivity index (χ3n) is 4.50. The largest absolute Gasteiger partial charge is 0.348 e. The summed E-state index contributed by atoms with van der Waals surface area (Å²) in [5.41, 5.74) is 1.78. The summed E-state index contributed by atoms with van der Waals surface area (Å²) < 4.78 is 0. The lowest BCUT2D eigenvalue weighted by Crippen LogP contribution is -2.46. The maximum absolute atomic E-state index is 12.8. The van der Waals surface area contributed by atoms with E-state index in [4.69, 9.17) is 0 Å². The third-order valence-corrected chi connectivity index (χ3v) is 5.20. The molecule has 4 nitrogen and oxygen atoms in total. The van der Waals surface area contributed by atoms with Crippen molar-refractivity contribution >= 4 is 17.2 Å². The molecule has 0 saturated carbocycles. The van der Waals surface area contributed by atoms with Crippen molar-refractivity contribution in [3.63, 3.8) is 0 Å². The van der Waals surface area contributed by atoms with Crippen LogP contribution in [0.2, 0.25) is 0 Å². The Morgan fingerprint density at radius 3 is 2.76 bits per heavy atom. The number of nitrogens with zero attached hydrogens (tertiary/aromatic N) is 2. The van der Waals surface area contributed by atoms with E-state index in [1.807, 2.05) is 18.7 Å². The van der Waals surface area contributed by atoms with E-state index < -0.39 is 5.41 Å². The summed E-state index contributed by atoms with van der Waals surface area (Å²) in [5, 5.41) is 4.37. The number of thiophene rings is 1. The minimum Gasteiger partial charge on any atom is -0.348 e. The number of carbonyl (C=O) groups is 1. The van der Waals surface area contributed by atoms with Crippen molar-refractivity contribution in [2.75, 3.05) is 13.1 Å². The number of hydrogen-bond acceptors (Lipinski definition) is 3. The zero-order valence-electron chi connectivity index (χ0n) is 12.5. The first-order valence-corrected chi connectivity index (χ1v) is 8.33. The second-order valence-electron chi connectivity index (χ2n) is 6.21. The van der Waals surface area contributed by atoms with Crippen LogP contribution in [-0.4, -0.2) is 33.9 Å². The van der Waals surface area contributed by atoms with Crippen LogP contribution in [0.3, 0.4) is 0 Å². The van der Waals surface area contributed by atoms with Crippen molar-refractivity contribution in [3.05, 3.63) is 40.6 Å². The molecule has 5 heteroatoms. The molecule has 0 atom stereocenters. The molecule has 21 heavy (non-hydrogen) atoms. The van der Waals surface area contributed by atoms with Crippen LogP contribution >= 0.6 is 11.3 Å². The summed E-state index contributed by atoms with van der Waals surface area (Å²) in [5.74, 6) is 0.797. The Bertz CT molecular complexity index is 581. The van der Waals surface area contributed by atoms with E-state index in [0.29, 0.717) is 5.92 Å². The Morgan fingerprint density at radius 1 is 1.43 bits per heavy atom. The van der Waals surface area contributed by atoms with Crippen LogP contribution in [0.25, 0.3) is 0 Å². The molecule has 1 N–H and O–H groups in total. The number of carbonyl (C=O) groups excluding carboxylic acids is 1. The van der Waals surface area contributed by atoms with Gasteiger partial charge in [-0.1, -0.05) is 0 Å². The summed E-state index contributed by atoms with van der Waals surface area (Å²) in [6.45, 7) is 5.62. The standard InChI is InChI=1S/C16H21N3OS/c1-16(2,14-9-17-11-18-14)15(20)19-6-3-12(4-7-19)13-5-8-21-10-13/h5,8-12H,3-4,6-7H2,1-2H3,(H,17,18). The highest BCUT2D eigenvalue weighted by atomic mass is 32.1. The van der Waals surface area contributed by atoms with Gasteiger partial charge in [-0.2, -0.15) is 11.3 Å². The van der Waals surface area contributed by atoms with Crippen LogP contribution in [0.1, 0.15) is 43.9 Å². The van der Waals surface area contributed by atoms with Gasteiger partial charge in [0.05, 0.1) is 11.7 Å². The number of likely N-dealkylation sites (tertiary alicyclic amines) is 1. The van der Waals surface area contributed by atoms with Gasteiger partial charge in [0, 0.05) is 25.0 Å². The van der Waals surface area contributed by atoms with E-state index in [-0.39, 0.29) is 5.91 Å². The summed E-state index contributed by atoms with van der Waals surface area (Å²) >= 11 is 1.75. The number of hydrogen-bond donors (Lipinski definition) is 1. The molecule has 0 unspecified atom stereocenters. The predicted molar refractivity (Wildman–Crippen MR) is 84.5 cm³/mol. The van der Waals surface area contributed by atoms with E-state index in [2.05, 4.69) is 26.8 Å². The fraction of sp³-hybridized carbons (Fsp3) is 0.500. The van der Waals surface area contributed by atoms with Gasteiger partial charge < -0.3 is 9.88 Å². The van der Waals surface area contributed by atoms with Crippen LogP contribution in [0, 0.1) is 0 Å². The highest BCUT2D eigenvalue weighted by Crippen LogP contribution is 2.32. The van der Waals surface area contributed by atoms with E-state index in [1.165, 1.54) is 5.56 Å². The number of nitrogens with one attached hydrogen (secondary N) is 1. The first-order chi connectivity index (χ1) is 10.1. The maximum Gasteiger partial charge on any atom is 0.234 e. The van der Waals surface area contributed by atoms with E-state index in [9.17, 15) is 4.79 Å². The van der Waals surface area contributed by atoms with Crippen molar-refractivity contribution in [1.82, 2.24) is 14.9 Å². The van der Waals surface area contributed by atoms with Gasteiger partial charge in [-0.15, -0.1) is 0 Å². The fourth-order valence-electron chi connectivity index (χ4n) is 3.03. The molecule has 0 bridgehead atoms. The molecule has 0 aromatic carbocycles. The minimum atomic E-state index is -0.536. The first-order valence-electron chi connectivity index (χ1n) is 7.39. The molecule has 1 fully saturated rings. The van der Waals surface area contributed by atoms with E-state index in [0.717, 1.165) is 31.6 Å². The molecule has 112 valence electrons. The number of amides is 1. The van der Waals surface area contributed by atoms with E-state index in [1.54, 1.807) is 23.9 Å². The maximum atomic E-state index is 12.8. The molecule has 3 rings (SSSR count). The number of H-pyrrole nitrogens is 1. The zero-order chi connectivity index (χ0) is 14.9. The molecule has 0 aliphatic carbocycles. The lowest BCUT2D eigenvalue weighted by molar-refractivity contribution is -0.137.